The van der Waals surface area contributed by atoms with E-state index >= 15 is 0 Å². The number of anilines is 1. The van der Waals surface area contributed by atoms with Gasteiger partial charge in [-0.1, -0.05) is 68.3 Å². The molecule has 1 aliphatic carbocycles. The molecule has 1 aliphatic heterocycles. The lowest BCUT2D eigenvalue weighted by Crippen LogP contribution is -2.49. The topological polar surface area (TPSA) is 152 Å². The summed E-state index contributed by atoms with van der Waals surface area (Å²) in [4.78, 5) is 59.2. The maximum Gasteiger partial charge on any atom is 0.326 e. The lowest BCUT2D eigenvalue weighted by atomic mass is 9.81. The number of aryl methyl sites for hydroxylation is 1. The van der Waals surface area contributed by atoms with Crippen molar-refractivity contribution in [3.05, 3.63) is 95.8 Å². The third-order valence-electron chi connectivity index (χ3n) is 10.4. The van der Waals surface area contributed by atoms with Gasteiger partial charge in [-0.05, 0) is 79.8 Å². The zero-order chi connectivity index (χ0) is 36.4. The van der Waals surface area contributed by atoms with Gasteiger partial charge in [0.25, 0.3) is 0 Å². The minimum atomic E-state index is -1.14. The number of aromatic nitrogens is 1. The summed E-state index contributed by atoms with van der Waals surface area (Å²) >= 11 is 0. The Morgan fingerprint density at radius 2 is 1.67 bits per heavy atom. The van der Waals surface area contributed by atoms with Crippen LogP contribution in [0, 0.1) is 5.41 Å². The van der Waals surface area contributed by atoms with Gasteiger partial charge in [0.05, 0.1) is 11.5 Å². The Bertz CT molecular complexity index is 1610. The van der Waals surface area contributed by atoms with Crippen molar-refractivity contribution in [1.82, 2.24) is 20.5 Å². The number of aliphatic hydroxyl groups excluding tert-OH is 1. The molecule has 1 saturated heterocycles. The zero-order valence-corrected chi connectivity index (χ0v) is 29.7. The van der Waals surface area contributed by atoms with Crippen molar-refractivity contribution >= 4 is 29.4 Å². The van der Waals surface area contributed by atoms with Crippen LogP contribution in [-0.2, 0) is 38.4 Å². The summed E-state index contributed by atoms with van der Waals surface area (Å²) in [5.41, 5.74) is 2.79. The third kappa shape index (κ3) is 9.32. The monoisotopic (exact) mass is 697 g/mol. The maximum absolute atomic E-state index is 13.8. The molecule has 51 heavy (non-hydrogen) atoms. The van der Waals surface area contributed by atoms with E-state index in [0.29, 0.717) is 69.2 Å². The number of carbonyl (C=O) groups is 4. The van der Waals surface area contributed by atoms with Crippen LogP contribution in [0.25, 0.3) is 0 Å². The molecule has 0 radical (unpaired) electrons. The number of nitrogens with one attached hydrogen (secondary N) is 2. The number of carbonyl (C=O) groups excluding carboxylic acids is 3. The lowest BCUT2D eigenvalue weighted by molar-refractivity contribution is -0.144. The van der Waals surface area contributed by atoms with Gasteiger partial charge in [0.15, 0.2) is 0 Å². The fraction of sp³-hybridized carbons (Fsp3) is 0.475. The molecule has 272 valence electrons. The van der Waals surface area contributed by atoms with Crippen molar-refractivity contribution < 1.29 is 29.4 Å². The highest BCUT2D eigenvalue weighted by molar-refractivity contribution is 5.88. The summed E-state index contributed by atoms with van der Waals surface area (Å²) in [6.07, 6.45) is 8.44. The summed E-state index contributed by atoms with van der Waals surface area (Å²) in [5, 5.41) is 27.7. The van der Waals surface area contributed by atoms with Crippen molar-refractivity contribution in [3.8, 4) is 0 Å². The molecule has 3 aromatic rings. The van der Waals surface area contributed by atoms with Gasteiger partial charge >= 0.3 is 5.97 Å². The number of rotatable bonds is 16. The molecule has 4 N–H and O–H groups in total. The van der Waals surface area contributed by atoms with Gasteiger partial charge in [-0.2, -0.15) is 0 Å². The summed E-state index contributed by atoms with van der Waals surface area (Å²) in [7, 11) is 0. The van der Waals surface area contributed by atoms with Gasteiger partial charge in [0, 0.05) is 44.4 Å². The lowest BCUT2D eigenvalue weighted by Gasteiger charge is -2.33. The van der Waals surface area contributed by atoms with E-state index in [-0.39, 0.29) is 24.1 Å². The second-order valence-electron chi connectivity index (χ2n) is 14.0. The highest BCUT2D eigenvalue weighted by Gasteiger charge is 2.48. The molecular formula is C40H51N5O6. The second-order valence-corrected chi connectivity index (χ2v) is 14.0. The Labute approximate surface area is 300 Å². The zero-order valence-electron chi connectivity index (χ0n) is 29.7. The summed E-state index contributed by atoms with van der Waals surface area (Å²) in [6, 6.07) is 19.6. The molecule has 2 aromatic carbocycles. The number of hydrogen-bond donors (Lipinski definition) is 4. The Hall–Kier alpha value is -4.77. The number of amides is 3. The average Bonchev–Trinajstić information content (AvgIpc) is 3.71. The van der Waals surface area contributed by atoms with Crippen LogP contribution in [0.3, 0.4) is 0 Å². The predicted molar refractivity (Wildman–Crippen MR) is 194 cm³/mol. The Balaban J connectivity index is 1.38. The van der Waals surface area contributed by atoms with E-state index in [1.54, 1.807) is 12.4 Å². The quantitative estimate of drug-likeness (QED) is 0.169. The molecule has 2 fully saturated rings. The molecule has 0 spiro atoms. The Kier molecular flexibility index (Phi) is 12.8. The highest BCUT2D eigenvalue weighted by atomic mass is 16.4. The van der Waals surface area contributed by atoms with Crippen molar-refractivity contribution in [2.24, 2.45) is 5.41 Å². The van der Waals surface area contributed by atoms with Crippen LogP contribution in [0.15, 0.2) is 79.1 Å². The molecule has 11 heteroatoms. The number of aliphatic carboxylic acids is 1. The largest absolute Gasteiger partial charge is 0.480 e. The molecule has 1 aromatic heterocycles. The molecule has 2 aliphatic rings. The number of carboxylic acids is 1. The first kappa shape index (κ1) is 37.5. The molecule has 5 rings (SSSR count). The van der Waals surface area contributed by atoms with Crippen molar-refractivity contribution in [3.63, 3.8) is 0 Å². The van der Waals surface area contributed by atoms with Crippen LogP contribution in [0.1, 0.15) is 81.9 Å². The molecule has 1 saturated carbocycles. The minimum absolute atomic E-state index is 0.0141. The summed E-state index contributed by atoms with van der Waals surface area (Å²) < 4.78 is 0. The Morgan fingerprint density at radius 1 is 0.961 bits per heavy atom. The average molecular weight is 698 g/mol. The van der Waals surface area contributed by atoms with Gasteiger partial charge in [-0.15, -0.1) is 0 Å². The number of benzene rings is 2. The first-order valence-electron chi connectivity index (χ1n) is 18.2. The maximum atomic E-state index is 13.8. The van der Waals surface area contributed by atoms with Crippen LogP contribution < -0.4 is 15.5 Å². The molecular weight excluding hydrogens is 646 g/mol. The normalized spacial score (nSPS) is 20.2. The number of aliphatic hydroxyl groups is 1. The van der Waals surface area contributed by atoms with Crippen LogP contribution in [0.4, 0.5) is 5.69 Å². The van der Waals surface area contributed by atoms with E-state index in [1.807, 2.05) is 71.3 Å². The van der Waals surface area contributed by atoms with E-state index in [0.717, 1.165) is 24.0 Å². The van der Waals surface area contributed by atoms with E-state index < -0.39 is 35.9 Å². The second kappa shape index (κ2) is 17.4. The van der Waals surface area contributed by atoms with Crippen molar-refractivity contribution in [1.29, 1.82) is 0 Å². The standard InChI is InChI=1S/C40H51N5O6/c1-3-10-36(47)45-34(26-31-13-9-23-41-27-31)37(48)44(35(45)19-16-29-11-5-4-6-12-29)32-17-14-30(15-18-32)25-33(38(49)50)43-39(51)40(20-7-8-21-40)22-24-42-28(2)46/h4-6,9,11-15,17-18,23,27,33-35,37,48H,3,7-8,10,16,19-22,24-26H2,1-2H3,(H,42,46)(H,43,51)(H,49,50). The van der Waals surface area contributed by atoms with E-state index in [2.05, 4.69) is 27.8 Å². The first-order chi connectivity index (χ1) is 24.6. The van der Waals surface area contributed by atoms with Crippen LogP contribution in [-0.4, -0.2) is 74.8 Å². The summed E-state index contributed by atoms with van der Waals surface area (Å²) in [5.74, 6) is -1.59. The van der Waals surface area contributed by atoms with Crippen molar-refractivity contribution in [2.75, 3.05) is 11.4 Å². The summed E-state index contributed by atoms with van der Waals surface area (Å²) in [6.45, 7) is 3.77. The van der Waals surface area contributed by atoms with Crippen LogP contribution in [0.5, 0.6) is 0 Å². The number of pyridine rings is 1. The van der Waals surface area contributed by atoms with Gasteiger partial charge in [-0.3, -0.25) is 19.4 Å². The number of carboxylic acid groups (broad SMARTS) is 1. The molecule has 3 amide bonds. The number of nitrogens with zero attached hydrogens (tertiary/aromatic N) is 3. The smallest absolute Gasteiger partial charge is 0.326 e. The third-order valence-corrected chi connectivity index (χ3v) is 10.4. The predicted octanol–water partition coefficient (Wildman–Crippen LogP) is 4.62. The molecule has 4 atom stereocenters. The fourth-order valence-electron chi connectivity index (χ4n) is 7.73. The van der Waals surface area contributed by atoms with E-state index in [9.17, 15) is 29.4 Å². The Morgan fingerprint density at radius 3 is 2.29 bits per heavy atom. The van der Waals surface area contributed by atoms with Crippen LogP contribution >= 0.6 is 0 Å². The molecule has 2 heterocycles. The van der Waals surface area contributed by atoms with Gasteiger partial charge in [0.2, 0.25) is 17.7 Å². The SMILES string of the molecule is CCCC(=O)N1C(Cc2cccnc2)C(O)N(c2ccc(CC(NC(=O)C3(CCNC(C)=O)CCCC3)C(=O)O)cc2)C1CCc1ccccc1. The van der Waals surface area contributed by atoms with Gasteiger partial charge in [0.1, 0.15) is 18.4 Å². The first-order valence-corrected chi connectivity index (χ1v) is 18.2. The van der Waals surface area contributed by atoms with Crippen LogP contribution in [0.2, 0.25) is 0 Å². The molecule has 4 unspecified atom stereocenters. The van der Waals surface area contributed by atoms with E-state index in [1.165, 1.54) is 6.92 Å². The minimum Gasteiger partial charge on any atom is -0.480 e. The van der Waals surface area contributed by atoms with Gasteiger partial charge < -0.3 is 30.6 Å². The van der Waals surface area contributed by atoms with Gasteiger partial charge in [-0.25, -0.2) is 4.79 Å². The molecule has 11 nitrogen and oxygen atoms in total. The van der Waals surface area contributed by atoms with E-state index in [4.69, 9.17) is 0 Å². The number of hydrogen-bond acceptors (Lipinski definition) is 7. The fourth-order valence-corrected chi connectivity index (χ4v) is 7.73. The van der Waals surface area contributed by atoms with Crippen molar-refractivity contribution in [2.45, 2.75) is 109 Å². The highest BCUT2D eigenvalue weighted by Crippen LogP contribution is 2.41. The molecule has 0 bridgehead atoms.